The summed E-state index contributed by atoms with van der Waals surface area (Å²) < 4.78 is 0. The molecule has 0 aliphatic heterocycles. The van der Waals surface area contributed by atoms with Gasteiger partial charge in [0.1, 0.15) is 0 Å². The number of rotatable bonds is 0. The van der Waals surface area contributed by atoms with E-state index >= 15 is 0 Å². The molecule has 0 radical (unpaired) electrons. The van der Waals surface area contributed by atoms with Crippen molar-refractivity contribution in [3.05, 3.63) is 51.7 Å². The lowest BCUT2D eigenvalue weighted by Crippen LogP contribution is -2.15. The van der Waals surface area contributed by atoms with Crippen LogP contribution in [0.15, 0.2) is 18.3 Å². The maximum atomic E-state index is 8.62. The highest BCUT2D eigenvalue weighted by molar-refractivity contribution is 5.66. The van der Waals surface area contributed by atoms with E-state index in [0.29, 0.717) is 5.22 Å². The summed E-state index contributed by atoms with van der Waals surface area (Å²) in [7, 11) is 0. The molecule has 0 N–H and O–H groups in total. The Morgan fingerprint density at radius 2 is 1.75 bits per heavy atom. The van der Waals surface area contributed by atoms with Crippen molar-refractivity contribution in [2.75, 3.05) is 0 Å². The SMILES string of the molecule is [C-]#[N+]C(C#N)=c1ccc(=C(C#N)[N+]#[C-])nc1. The van der Waals surface area contributed by atoms with Crippen LogP contribution in [0.2, 0.25) is 0 Å². The summed E-state index contributed by atoms with van der Waals surface area (Å²) in [6, 6.07) is 6.37. The van der Waals surface area contributed by atoms with Gasteiger partial charge in [-0.25, -0.2) is 20.2 Å². The minimum absolute atomic E-state index is 0.0691. The molecular weight excluding hydrogens is 202 g/mol. The molecule has 0 atom stereocenters. The number of aromatic nitrogens is 1. The van der Waals surface area contributed by atoms with Crippen molar-refractivity contribution in [2.24, 2.45) is 0 Å². The second-order valence-corrected chi connectivity index (χ2v) is 2.58. The Kier molecular flexibility index (Phi) is 3.36. The Bertz CT molecular complexity index is 583. The fourth-order valence-electron chi connectivity index (χ4n) is 0.968. The third-order valence-electron chi connectivity index (χ3n) is 1.71. The predicted molar refractivity (Wildman–Crippen MR) is 54.7 cm³/mol. The molecule has 0 amide bonds. The van der Waals surface area contributed by atoms with Gasteiger partial charge < -0.3 is 0 Å². The molecule has 72 valence electrons. The summed E-state index contributed by atoms with van der Waals surface area (Å²) in [5.41, 5.74) is -0.187. The van der Waals surface area contributed by atoms with E-state index in [-0.39, 0.29) is 16.7 Å². The molecule has 0 unspecified atom stereocenters. The second kappa shape index (κ2) is 4.91. The zero-order valence-electron chi connectivity index (χ0n) is 7.97. The van der Waals surface area contributed by atoms with Crippen LogP contribution in [0.25, 0.3) is 21.1 Å². The predicted octanol–water partition coefficient (Wildman–Crippen LogP) is 0.184. The van der Waals surface area contributed by atoms with E-state index in [2.05, 4.69) is 14.7 Å². The van der Waals surface area contributed by atoms with Gasteiger partial charge in [-0.1, -0.05) is 6.07 Å². The Morgan fingerprint density at radius 1 is 1.12 bits per heavy atom. The molecule has 0 saturated heterocycles. The van der Waals surface area contributed by atoms with Crippen molar-refractivity contribution >= 4 is 11.4 Å². The highest BCUT2D eigenvalue weighted by atomic mass is 14.7. The first-order chi connectivity index (χ1) is 7.76. The number of hydrogen-bond acceptors (Lipinski definition) is 3. The molecule has 1 rings (SSSR count). The molecule has 0 bridgehead atoms. The highest BCUT2D eigenvalue weighted by Gasteiger charge is 1.97. The lowest BCUT2D eigenvalue weighted by Gasteiger charge is -1.88. The minimum atomic E-state index is -0.118. The lowest BCUT2D eigenvalue weighted by molar-refractivity contribution is 1.22. The van der Waals surface area contributed by atoms with E-state index in [0.717, 1.165) is 0 Å². The number of nitriles is 2. The van der Waals surface area contributed by atoms with Crippen molar-refractivity contribution in [1.82, 2.24) is 4.98 Å². The van der Waals surface area contributed by atoms with Crippen LogP contribution in [0.5, 0.6) is 0 Å². The average Bonchev–Trinajstić information content (AvgIpc) is 2.34. The average molecular weight is 205 g/mol. The van der Waals surface area contributed by atoms with Gasteiger partial charge in [-0.2, -0.15) is 0 Å². The smallest absolute Gasteiger partial charge is 0.268 e. The summed E-state index contributed by atoms with van der Waals surface area (Å²) in [4.78, 5) is 9.88. The van der Waals surface area contributed by atoms with E-state index < -0.39 is 0 Å². The van der Waals surface area contributed by atoms with Crippen molar-refractivity contribution in [2.45, 2.75) is 0 Å². The summed E-state index contributed by atoms with van der Waals surface area (Å²) >= 11 is 0. The van der Waals surface area contributed by atoms with Gasteiger partial charge in [0, 0.05) is 11.4 Å². The van der Waals surface area contributed by atoms with Crippen LogP contribution in [0.4, 0.5) is 0 Å². The molecule has 0 fully saturated rings. The molecule has 1 aromatic heterocycles. The first-order valence-electron chi connectivity index (χ1n) is 4.02. The summed E-state index contributed by atoms with van der Waals surface area (Å²) in [5.74, 6) is 0. The Labute approximate surface area is 91.5 Å². The number of pyridine rings is 1. The van der Waals surface area contributed by atoms with Gasteiger partial charge in [0.25, 0.3) is 11.4 Å². The van der Waals surface area contributed by atoms with Crippen LogP contribution >= 0.6 is 0 Å². The maximum Gasteiger partial charge on any atom is 0.286 e. The minimum Gasteiger partial charge on any atom is -0.268 e. The molecular formula is C11H3N5. The standard InChI is InChI=1S/C11H3N5/c1-14-10(5-12)8-3-4-9(16-7-8)11(6-13)15-2/h3-4,7H. The molecule has 0 aromatic carbocycles. The Balaban J connectivity index is 3.58. The molecule has 1 heterocycles. The number of hydrogen-bond donors (Lipinski definition) is 0. The van der Waals surface area contributed by atoms with Crippen molar-refractivity contribution in [3.8, 4) is 12.1 Å². The highest BCUT2D eigenvalue weighted by Crippen LogP contribution is 1.91. The van der Waals surface area contributed by atoms with E-state index in [1.165, 1.54) is 18.3 Å². The van der Waals surface area contributed by atoms with Crippen LogP contribution in [-0.2, 0) is 0 Å². The fraction of sp³-hybridized carbons (Fsp3) is 0. The largest absolute Gasteiger partial charge is 0.286 e. The van der Waals surface area contributed by atoms with E-state index in [9.17, 15) is 0 Å². The molecule has 0 aliphatic carbocycles. The quantitative estimate of drug-likeness (QED) is 0.567. The molecule has 5 heteroatoms. The first kappa shape index (κ1) is 10.9. The fourth-order valence-corrected chi connectivity index (χ4v) is 0.968. The zero-order valence-corrected chi connectivity index (χ0v) is 7.97. The zero-order chi connectivity index (χ0) is 12.0. The van der Waals surface area contributed by atoms with Gasteiger partial charge >= 0.3 is 0 Å². The topological polar surface area (TPSA) is 69.2 Å². The Hall–Kier alpha value is -3.15. The monoisotopic (exact) mass is 205 g/mol. The van der Waals surface area contributed by atoms with Crippen LogP contribution < -0.4 is 10.6 Å². The second-order valence-electron chi connectivity index (χ2n) is 2.58. The number of nitrogens with zero attached hydrogens (tertiary/aromatic N) is 5. The van der Waals surface area contributed by atoms with E-state index in [1.54, 1.807) is 12.1 Å². The first-order valence-corrected chi connectivity index (χ1v) is 4.02. The van der Waals surface area contributed by atoms with Crippen LogP contribution in [0, 0.1) is 35.8 Å². The molecule has 16 heavy (non-hydrogen) atoms. The lowest BCUT2D eigenvalue weighted by atomic mass is 10.3. The Morgan fingerprint density at radius 3 is 2.12 bits per heavy atom. The van der Waals surface area contributed by atoms with E-state index in [1.807, 2.05) is 0 Å². The van der Waals surface area contributed by atoms with Gasteiger partial charge in [0.05, 0.1) is 30.6 Å². The summed E-state index contributed by atoms with van der Waals surface area (Å²) in [6.45, 7) is 13.5. The van der Waals surface area contributed by atoms with Crippen molar-refractivity contribution in [1.29, 1.82) is 10.5 Å². The van der Waals surface area contributed by atoms with Crippen LogP contribution in [-0.4, -0.2) is 4.98 Å². The van der Waals surface area contributed by atoms with E-state index in [4.69, 9.17) is 23.7 Å². The van der Waals surface area contributed by atoms with Crippen molar-refractivity contribution < 1.29 is 0 Å². The maximum absolute atomic E-state index is 8.62. The molecule has 1 aromatic rings. The molecule has 0 spiro atoms. The summed E-state index contributed by atoms with van der Waals surface area (Å²) in [6.07, 6.45) is 1.30. The van der Waals surface area contributed by atoms with Gasteiger partial charge in [-0.05, 0) is 6.07 Å². The third-order valence-corrected chi connectivity index (χ3v) is 1.71. The summed E-state index contributed by atoms with van der Waals surface area (Å²) in [5, 5.41) is 17.8. The molecule has 5 nitrogen and oxygen atoms in total. The molecule has 0 aliphatic rings. The van der Waals surface area contributed by atoms with Gasteiger partial charge in [0.2, 0.25) is 0 Å². The normalized spacial score (nSPS) is 12.2. The van der Waals surface area contributed by atoms with Crippen LogP contribution in [0.3, 0.4) is 0 Å². The molecule has 0 saturated carbocycles. The van der Waals surface area contributed by atoms with Crippen LogP contribution in [0.1, 0.15) is 0 Å². The third kappa shape index (κ3) is 2.02. The van der Waals surface area contributed by atoms with Gasteiger partial charge in [-0.15, -0.1) is 0 Å². The van der Waals surface area contributed by atoms with Crippen molar-refractivity contribution in [3.63, 3.8) is 0 Å². The van der Waals surface area contributed by atoms with Gasteiger partial charge in [0.15, 0.2) is 0 Å². The van der Waals surface area contributed by atoms with Gasteiger partial charge in [-0.3, -0.25) is 4.98 Å².